The molecule has 5 nitrogen and oxygen atoms in total. The number of ether oxygens (including phenoxy) is 2. The SMILES string of the molecule is CNCc1cc(-c2ccccc2OCCOc2ccccc2)n[nH]1. The summed E-state index contributed by atoms with van der Waals surface area (Å²) in [6, 6.07) is 19.6. The van der Waals surface area contributed by atoms with Gasteiger partial charge in [-0.1, -0.05) is 30.3 Å². The van der Waals surface area contributed by atoms with E-state index in [4.69, 9.17) is 9.47 Å². The minimum Gasteiger partial charge on any atom is -0.490 e. The Kier molecular flexibility index (Phi) is 5.48. The molecule has 0 saturated carbocycles. The third-order valence-electron chi connectivity index (χ3n) is 3.51. The van der Waals surface area contributed by atoms with Gasteiger partial charge in [-0.15, -0.1) is 0 Å². The quantitative estimate of drug-likeness (QED) is 0.625. The Morgan fingerprint density at radius 3 is 2.54 bits per heavy atom. The number of nitrogens with one attached hydrogen (secondary N) is 2. The maximum Gasteiger partial charge on any atom is 0.128 e. The van der Waals surface area contributed by atoms with Gasteiger partial charge < -0.3 is 14.8 Å². The molecule has 0 amide bonds. The van der Waals surface area contributed by atoms with Gasteiger partial charge in [0.1, 0.15) is 24.7 Å². The van der Waals surface area contributed by atoms with Crippen molar-refractivity contribution in [3.8, 4) is 22.8 Å². The second-order valence-corrected chi connectivity index (χ2v) is 5.31. The summed E-state index contributed by atoms with van der Waals surface area (Å²) in [5.41, 5.74) is 2.88. The Morgan fingerprint density at radius 2 is 1.71 bits per heavy atom. The number of para-hydroxylation sites is 2. The first-order valence-corrected chi connectivity index (χ1v) is 7.96. The van der Waals surface area contributed by atoms with Gasteiger partial charge in [-0.25, -0.2) is 0 Å². The summed E-state index contributed by atoms with van der Waals surface area (Å²) >= 11 is 0. The van der Waals surface area contributed by atoms with Crippen molar-refractivity contribution in [3.05, 3.63) is 66.4 Å². The number of benzene rings is 2. The molecule has 0 fully saturated rings. The highest BCUT2D eigenvalue weighted by Gasteiger charge is 2.09. The van der Waals surface area contributed by atoms with Crippen molar-refractivity contribution < 1.29 is 9.47 Å². The Morgan fingerprint density at radius 1 is 0.958 bits per heavy atom. The predicted octanol–water partition coefficient (Wildman–Crippen LogP) is 3.25. The second-order valence-electron chi connectivity index (χ2n) is 5.31. The van der Waals surface area contributed by atoms with Gasteiger partial charge in [-0.05, 0) is 37.4 Å². The molecule has 0 bridgehead atoms. The lowest BCUT2D eigenvalue weighted by atomic mass is 10.1. The molecule has 2 aromatic carbocycles. The van der Waals surface area contributed by atoms with Crippen molar-refractivity contribution in [1.29, 1.82) is 0 Å². The molecule has 0 radical (unpaired) electrons. The van der Waals surface area contributed by atoms with E-state index in [9.17, 15) is 0 Å². The van der Waals surface area contributed by atoms with Crippen LogP contribution in [-0.2, 0) is 6.54 Å². The Labute approximate surface area is 141 Å². The first kappa shape index (κ1) is 16.1. The molecule has 0 aliphatic carbocycles. The van der Waals surface area contributed by atoms with Crippen LogP contribution < -0.4 is 14.8 Å². The Hall–Kier alpha value is -2.79. The van der Waals surface area contributed by atoms with Crippen molar-refractivity contribution in [2.24, 2.45) is 0 Å². The summed E-state index contributed by atoms with van der Waals surface area (Å²) in [5.74, 6) is 1.65. The Balaban J connectivity index is 1.61. The highest BCUT2D eigenvalue weighted by molar-refractivity contribution is 5.67. The molecule has 0 atom stereocenters. The molecule has 5 heteroatoms. The topological polar surface area (TPSA) is 59.2 Å². The van der Waals surface area contributed by atoms with Gasteiger partial charge in [-0.3, -0.25) is 5.10 Å². The zero-order valence-electron chi connectivity index (χ0n) is 13.7. The van der Waals surface area contributed by atoms with Crippen LogP contribution in [0.2, 0.25) is 0 Å². The zero-order chi connectivity index (χ0) is 16.6. The van der Waals surface area contributed by atoms with E-state index in [1.807, 2.05) is 67.7 Å². The lowest BCUT2D eigenvalue weighted by Crippen LogP contribution is -2.09. The van der Waals surface area contributed by atoms with Gasteiger partial charge >= 0.3 is 0 Å². The predicted molar refractivity (Wildman–Crippen MR) is 94.2 cm³/mol. The largest absolute Gasteiger partial charge is 0.490 e. The first-order valence-electron chi connectivity index (χ1n) is 7.96. The van der Waals surface area contributed by atoms with Crippen LogP contribution in [0.25, 0.3) is 11.3 Å². The van der Waals surface area contributed by atoms with Crippen molar-refractivity contribution in [3.63, 3.8) is 0 Å². The fourth-order valence-corrected chi connectivity index (χ4v) is 2.41. The zero-order valence-corrected chi connectivity index (χ0v) is 13.7. The van der Waals surface area contributed by atoms with Crippen LogP contribution in [0.5, 0.6) is 11.5 Å². The van der Waals surface area contributed by atoms with Crippen LogP contribution in [0.3, 0.4) is 0 Å². The van der Waals surface area contributed by atoms with E-state index in [0.29, 0.717) is 13.2 Å². The number of hydrogen-bond acceptors (Lipinski definition) is 4. The van der Waals surface area contributed by atoms with Crippen molar-refractivity contribution in [2.45, 2.75) is 6.54 Å². The smallest absolute Gasteiger partial charge is 0.128 e. The molecular weight excluding hydrogens is 302 g/mol. The average Bonchev–Trinajstić information content (AvgIpc) is 3.09. The summed E-state index contributed by atoms with van der Waals surface area (Å²) in [5, 5.41) is 10.5. The van der Waals surface area contributed by atoms with E-state index in [0.717, 1.165) is 35.0 Å². The third-order valence-corrected chi connectivity index (χ3v) is 3.51. The first-order chi connectivity index (χ1) is 11.9. The van der Waals surface area contributed by atoms with E-state index in [1.54, 1.807) is 0 Å². The van der Waals surface area contributed by atoms with Gasteiger partial charge in [0.2, 0.25) is 0 Å². The van der Waals surface area contributed by atoms with E-state index >= 15 is 0 Å². The summed E-state index contributed by atoms with van der Waals surface area (Å²) in [7, 11) is 1.91. The van der Waals surface area contributed by atoms with Crippen molar-refractivity contribution in [1.82, 2.24) is 15.5 Å². The van der Waals surface area contributed by atoms with Crippen LogP contribution in [-0.4, -0.2) is 30.5 Å². The molecule has 24 heavy (non-hydrogen) atoms. The molecule has 3 rings (SSSR count). The average molecular weight is 323 g/mol. The molecule has 0 saturated heterocycles. The molecule has 2 N–H and O–H groups in total. The fourth-order valence-electron chi connectivity index (χ4n) is 2.41. The van der Waals surface area contributed by atoms with E-state index in [-0.39, 0.29) is 0 Å². The highest BCUT2D eigenvalue weighted by Crippen LogP contribution is 2.28. The van der Waals surface area contributed by atoms with Crippen LogP contribution in [0.4, 0.5) is 0 Å². The van der Waals surface area contributed by atoms with Crippen molar-refractivity contribution >= 4 is 0 Å². The van der Waals surface area contributed by atoms with E-state index < -0.39 is 0 Å². The number of nitrogens with zero attached hydrogens (tertiary/aromatic N) is 1. The number of rotatable bonds is 8. The maximum atomic E-state index is 5.89. The van der Waals surface area contributed by atoms with E-state index in [1.165, 1.54) is 0 Å². The number of aromatic nitrogens is 2. The molecule has 124 valence electrons. The molecule has 3 aromatic rings. The molecule has 0 aliphatic heterocycles. The minimum atomic E-state index is 0.472. The molecule has 0 spiro atoms. The maximum absolute atomic E-state index is 5.89. The van der Waals surface area contributed by atoms with Gasteiger partial charge in [0.05, 0.1) is 5.69 Å². The summed E-state index contributed by atoms with van der Waals surface area (Å²) < 4.78 is 11.5. The molecular formula is C19H21N3O2. The van der Waals surface area contributed by atoms with Crippen molar-refractivity contribution in [2.75, 3.05) is 20.3 Å². The summed E-state index contributed by atoms with van der Waals surface area (Å²) in [4.78, 5) is 0. The molecule has 0 unspecified atom stereocenters. The lowest BCUT2D eigenvalue weighted by Gasteiger charge is -2.11. The van der Waals surface area contributed by atoms with E-state index in [2.05, 4.69) is 15.5 Å². The number of aromatic amines is 1. The van der Waals surface area contributed by atoms with Crippen LogP contribution in [0.15, 0.2) is 60.7 Å². The molecule has 0 aliphatic rings. The van der Waals surface area contributed by atoms with Gasteiger partial charge in [0.25, 0.3) is 0 Å². The monoisotopic (exact) mass is 323 g/mol. The molecule has 1 heterocycles. The van der Waals surface area contributed by atoms with Crippen LogP contribution >= 0.6 is 0 Å². The summed E-state index contributed by atoms with van der Waals surface area (Å²) in [6.45, 7) is 1.71. The fraction of sp³-hybridized carbons (Fsp3) is 0.211. The Bertz CT molecular complexity index is 756. The van der Waals surface area contributed by atoms with Gasteiger partial charge in [-0.2, -0.15) is 5.10 Å². The number of H-pyrrole nitrogens is 1. The highest BCUT2D eigenvalue weighted by atomic mass is 16.5. The standard InChI is InChI=1S/C19H21N3O2/c1-20-14-15-13-18(22-21-15)17-9-5-6-10-19(17)24-12-11-23-16-7-3-2-4-8-16/h2-10,13,20H,11-12,14H2,1H3,(H,21,22). The normalized spacial score (nSPS) is 10.5. The number of hydrogen-bond donors (Lipinski definition) is 2. The van der Waals surface area contributed by atoms with Gasteiger partial charge in [0.15, 0.2) is 0 Å². The van der Waals surface area contributed by atoms with Crippen LogP contribution in [0, 0.1) is 0 Å². The summed E-state index contributed by atoms with van der Waals surface area (Å²) in [6.07, 6.45) is 0. The lowest BCUT2D eigenvalue weighted by molar-refractivity contribution is 0.217. The minimum absolute atomic E-state index is 0.472. The van der Waals surface area contributed by atoms with Crippen LogP contribution in [0.1, 0.15) is 5.69 Å². The van der Waals surface area contributed by atoms with Gasteiger partial charge in [0, 0.05) is 17.8 Å². The second kappa shape index (κ2) is 8.17. The molecule has 1 aromatic heterocycles. The third kappa shape index (κ3) is 4.14.